The molecule has 118 valence electrons. The van der Waals surface area contributed by atoms with Crippen LogP contribution in [0, 0.1) is 6.92 Å². The summed E-state index contributed by atoms with van der Waals surface area (Å²) in [4.78, 5) is 12.0. The molecular formula is C16H19ClN2O3. The van der Waals surface area contributed by atoms with Gasteiger partial charge in [0.2, 0.25) is 0 Å². The summed E-state index contributed by atoms with van der Waals surface area (Å²) >= 11 is 6.01. The fourth-order valence-electron chi connectivity index (χ4n) is 2.12. The second-order valence-corrected chi connectivity index (χ2v) is 5.59. The molecule has 0 saturated heterocycles. The Bertz CT molecular complexity index is 628. The first-order valence-corrected chi connectivity index (χ1v) is 7.39. The Morgan fingerprint density at radius 2 is 2.14 bits per heavy atom. The van der Waals surface area contributed by atoms with Crippen LogP contribution in [0.1, 0.15) is 30.8 Å². The van der Waals surface area contributed by atoms with Gasteiger partial charge in [-0.15, -0.1) is 0 Å². The minimum atomic E-state index is -0.752. The molecule has 0 spiro atoms. The SMILES string of the molecule is Cc1c(Cl)cccc1NC(=O)NC(C)CC(O)c1ccco1. The van der Waals surface area contributed by atoms with E-state index in [-0.39, 0.29) is 12.1 Å². The van der Waals surface area contributed by atoms with Crippen LogP contribution in [0.5, 0.6) is 0 Å². The maximum absolute atomic E-state index is 12.0. The van der Waals surface area contributed by atoms with Gasteiger partial charge in [-0.2, -0.15) is 0 Å². The predicted octanol–water partition coefficient (Wildman–Crippen LogP) is 3.88. The Labute approximate surface area is 134 Å². The molecule has 0 aliphatic carbocycles. The van der Waals surface area contributed by atoms with Crippen LogP contribution in [0.15, 0.2) is 41.0 Å². The third-order valence-corrected chi connectivity index (χ3v) is 3.75. The van der Waals surface area contributed by atoms with Crippen molar-refractivity contribution in [2.45, 2.75) is 32.4 Å². The van der Waals surface area contributed by atoms with Gasteiger partial charge in [0.15, 0.2) is 0 Å². The van der Waals surface area contributed by atoms with Crippen LogP contribution in [0.25, 0.3) is 0 Å². The lowest BCUT2D eigenvalue weighted by Crippen LogP contribution is -2.37. The lowest BCUT2D eigenvalue weighted by Gasteiger charge is -2.18. The van der Waals surface area contributed by atoms with Crippen LogP contribution < -0.4 is 10.6 Å². The lowest BCUT2D eigenvalue weighted by molar-refractivity contribution is 0.130. The van der Waals surface area contributed by atoms with E-state index >= 15 is 0 Å². The smallest absolute Gasteiger partial charge is 0.319 e. The number of carbonyl (C=O) groups excluding carboxylic acids is 1. The van der Waals surface area contributed by atoms with Crippen LogP contribution in [0.2, 0.25) is 5.02 Å². The normalized spacial score (nSPS) is 13.5. The molecule has 2 atom stereocenters. The van der Waals surface area contributed by atoms with Crippen LogP contribution >= 0.6 is 11.6 Å². The summed E-state index contributed by atoms with van der Waals surface area (Å²) in [5.74, 6) is 0.486. The van der Waals surface area contributed by atoms with Crippen molar-refractivity contribution in [2.24, 2.45) is 0 Å². The number of nitrogens with one attached hydrogen (secondary N) is 2. The van der Waals surface area contributed by atoms with Gasteiger partial charge in [0, 0.05) is 23.2 Å². The topological polar surface area (TPSA) is 74.5 Å². The first-order chi connectivity index (χ1) is 10.5. The van der Waals surface area contributed by atoms with E-state index in [2.05, 4.69) is 10.6 Å². The molecule has 0 aliphatic rings. The second-order valence-electron chi connectivity index (χ2n) is 5.18. The number of rotatable bonds is 5. The number of furan rings is 1. The van der Waals surface area contributed by atoms with Crippen molar-refractivity contribution in [1.82, 2.24) is 5.32 Å². The predicted molar refractivity (Wildman–Crippen MR) is 86.1 cm³/mol. The van der Waals surface area contributed by atoms with Crippen molar-refractivity contribution < 1.29 is 14.3 Å². The van der Waals surface area contributed by atoms with E-state index in [9.17, 15) is 9.90 Å². The molecule has 22 heavy (non-hydrogen) atoms. The molecule has 3 N–H and O–H groups in total. The van der Waals surface area contributed by atoms with Gasteiger partial charge in [-0.05, 0) is 43.7 Å². The third-order valence-electron chi connectivity index (χ3n) is 3.34. The number of hydrogen-bond donors (Lipinski definition) is 3. The number of urea groups is 1. The highest BCUT2D eigenvalue weighted by molar-refractivity contribution is 6.31. The molecule has 2 amide bonds. The fourth-order valence-corrected chi connectivity index (χ4v) is 2.29. The standard InChI is InChI=1S/C16H19ClN2O3/c1-10(9-14(20)15-7-4-8-22-15)18-16(21)19-13-6-3-5-12(17)11(13)2/h3-8,10,14,20H,9H2,1-2H3,(H2,18,19,21). The zero-order chi connectivity index (χ0) is 16.1. The quantitative estimate of drug-likeness (QED) is 0.782. The minimum absolute atomic E-state index is 0.223. The summed E-state index contributed by atoms with van der Waals surface area (Å²) in [6.07, 6.45) is 1.11. The monoisotopic (exact) mass is 322 g/mol. The molecule has 1 aromatic heterocycles. The molecule has 0 radical (unpaired) electrons. The van der Waals surface area contributed by atoms with E-state index < -0.39 is 6.10 Å². The molecule has 0 bridgehead atoms. The summed E-state index contributed by atoms with van der Waals surface area (Å²) < 4.78 is 5.13. The highest BCUT2D eigenvalue weighted by Crippen LogP contribution is 2.23. The lowest BCUT2D eigenvalue weighted by atomic mass is 10.1. The van der Waals surface area contributed by atoms with Crippen LogP contribution in [0.4, 0.5) is 10.5 Å². The molecule has 1 aromatic carbocycles. The van der Waals surface area contributed by atoms with Crippen molar-refractivity contribution >= 4 is 23.3 Å². The number of hydrogen-bond acceptors (Lipinski definition) is 3. The molecule has 0 aliphatic heterocycles. The van der Waals surface area contributed by atoms with Crippen molar-refractivity contribution in [3.63, 3.8) is 0 Å². The number of benzene rings is 1. The maximum Gasteiger partial charge on any atom is 0.319 e. The number of halogens is 1. The highest BCUT2D eigenvalue weighted by atomic mass is 35.5. The van der Waals surface area contributed by atoms with Crippen molar-refractivity contribution in [2.75, 3.05) is 5.32 Å². The number of aliphatic hydroxyl groups is 1. The van der Waals surface area contributed by atoms with Crippen LogP contribution in [-0.4, -0.2) is 17.2 Å². The fraction of sp³-hybridized carbons (Fsp3) is 0.312. The minimum Gasteiger partial charge on any atom is -0.467 e. The van der Waals surface area contributed by atoms with Gasteiger partial charge in [0.05, 0.1) is 6.26 Å². The van der Waals surface area contributed by atoms with Crippen molar-refractivity contribution in [3.8, 4) is 0 Å². The molecule has 0 fully saturated rings. The summed E-state index contributed by atoms with van der Waals surface area (Å²) in [6, 6.07) is 8.17. The van der Waals surface area contributed by atoms with Gasteiger partial charge in [-0.1, -0.05) is 17.7 Å². The first kappa shape index (κ1) is 16.4. The van der Waals surface area contributed by atoms with E-state index in [1.165, 1.54) is 6.26 Å². The van der Waals surface area contributed by atoms with Crippen molar-refractivity contribution in [1.29, 1.82) is 0 Å². The molecule has 0 saturated carbocycles. The Morgan fingerprint density at radius 1 is 1.36 bits per heavy atom. The van der Waals surface area contributed by atoms with E-state index in [4.69, 9.17) is 16.0 Å². The van der Waals surface area contributed by atoms with E-state index in [0.717, 1.165) is 5.56 Å². The Morgan fingerprint density at radius 3 is 2.82 bits per heavy atom. The molecule has 2 aromatic rings. The summed E-state index contributed by atoms with van der Waals surface area (Å²) in [7, 11) is 0. The van der Waals surface area contributed by atoms with Gasteiger partial charge in [0.25, 0.3) is 0 Å². The second kappa shape index (κ2) is 7.33. The van der Waals surface area contributed by atoms with Gasteiger partial charge in [-0.25, -0.2) is 4.79 Å². The van der Waals surface area contributed by atoms with Crippen LogP contribution in [0.3, 0.4) is 0 Å². The largest absolute Gasteiger partial charge is 0.467 e. The number of amides is 2. The molecular weight excluding hydrogens is 304 g/mol. The summed E-state index contributed by atoms with van der Waals surface area (Å²) in [5.41, 5.74) is 1.46. The summed E-state index contributed by atoms with van der Waals surface area (Å²) in [5, 5.41) is 16.1. The number of aliphatic hydroxyl groups excluding tert-OH is 1. The Balaban J connectivity index is 1.87. The molecule has 2 unspecified atom stereocenters. The molecule has 6 heteroatoms. The van der Waals surface area contributed by atoms with Crippen molar-refractivity contribution in [3.05, 3.63) is 52.9 Å². The number of carbonyl (C=O) groups is 1. The maximum atomic E-state index is 12.0. The first-order valence-electron chi connectivity index (χ1n) is 7.01. The zero-order valence-corrected chi connectivity index (χ0v) is 13.2. The Kier molecular flexibility index (Phi) is 5.46. The van der Waals surface area contributed by atoms with E-state index in [0.29, 0.717) is 22.9 Å². The molecule has 2 rings (SSSR count). The zero-order valence-electron chi connectivity index (χ0n) is 12.5. The third kappa shape index (κ3) is 4.26. The van der Waals surface area contributed by atoms with E-state index in [1.807, 2.05) is 13.8 Å². The Hall–Kier alpha value is -1.98. The highest BCUT2D eigenvalue weighted by Gasteiger charge is 2.16. The average Bonchev–Trinajstić information content (AvgIpc) is 2.97. The molecule has 1 heterocycles. The van der Waals surface area contributed by atoms with Gasteiger partial charge in [-0.3, -0.25) is 0 Å². The van der Waals surface area contributed by atoms with E-state index in [1.54, 1.807) is 30.3 Å². The molecule has 5 nitrogen and oxygen atoms in total. The van der Waals surface area contributed by atoms with Gasteiger partial charge >= 0.3 is 6.03 Å². The summed E-state index contributed by atoms with van der Waals surface area (Å²) in [6.45, 7) is 3.65. The average molecular weight is 323 g/mol. The van der Waals surface area contributed by atoms with Gasteiger partial charge in [0.1, 0.15) is 11.9 Å². The van der Waals surface area contributed by atoms with Crippen LogP contribution in [-0.2, 0) is 0 Å². The number of anilines is 1. The van der Waals surface area contributed by atoms with Gasteiger partial charge < -0.3 is 20.2 Å².